The Balaban J connectivity index is 2.07. The van der Waals surface area contributed by atoms with E-state index in [1.54, 1.807) is 32.4 Å². The first-order chi connectivity index (χ1) is 12.9. The van der Waals surface area contributed by atoms with Crippen LogP contribution in [0.5, 0.6) is 5.75 Å². The molecule has 2 atom stereocenters. The summed E-state index contributed by atoms with van der Waals surface area (Å²) >= 11 is 0. The van der Waals surface area contributed by atoms with Crippen molar-refractivity contribution < 1.29 is 22.6 Å². The molecule has 1 aromatic carbocycles. The number of nitrogens with one attached hydrogen (secondary N) is 1. The van der Waals surface area contributed by atoms with E-state index in [4.69, 9.17) is 14.2 Å². The molecule has 1 aliphatic heterocycles. The minimum Gasteiger partial charge on any atom is -0.488 e. The first-order valence-corrected chi connectivity index (χ1v) is 11.0. The minimum absolute atomic E-state index is 0.00463. The predicted molar refractivity (Wildman–Crippen MR) is 106 cm³/mol. The SMILES string of the molecule is CCC(OC)C(CC)Oc1cccc(NS(=O)(=O)N(C)C2CCOCC2)c1. The lowest BCUT2D eigenvalue weighted by Gasteiger charge is -2.30. The van der Waals surface area contributed by atoms with Crippen LogP contribution in [0.2, 0.25) is 0 Å². The molecule has 1 heterocycles. The third-order valence-electron chi connectivity index (χ3n) is 4.97. The Morgan fingerprint density at radius 2 is 1.89 bits per heavy atom. The molecule has 0 saturated carbocycles. The number of ether oxygens (including phenoxy) is 3. The fourth-order valence-corrected chi connectivity index (χ4v) is 4.45. The van der Waals surface area contributed by atoms with E-state index >= 15 is 0 Å². The van der Waals surface area contributed by atoms with Crippen molar-refractivity contribution in [1.29, 1.82) is 0 Å². The van der Waals surface area contributed by atoms with Crippen molar-refractivity contribution in [2.45, 2.75) is 57.8 Å². The number of hydrogen-bond acceptors (Lipinski definition) is 5. The largest absolute Gasteiger partial charge is 0.488 e. The van der Waals surface area contributed by atoms with Gasteiger partial charge >= 0.3 is 10.2 Å². The molecule has 0 radical (unpaired) electrons. The van der Waals surface area contributed by atoms with Crippen molar-refractivity contribution >= 4 is 15.9 Å². The van der Waals surface area contributed by atoms with Crippen LogP contribution >= 0.6 is 0 Å². The van der Waals surface area contributed by atoms with Gasteiger partial charge in [0, 0.05) is 39.5 Å². The zero-order valence-electron chi connectivity index (χ0n) is 16.7. The van der Waals surface area contributed by atoms with Gasteiger partial charge in [-0.1, -0.05) is 19.9 Å². The van der Waals surface area contributed by atoms with Gasteiger partial charge < -0.3 is 14.2 Å². The summed E-state index contributed by atoms with van der Waals surface area (Å²) in [6.07, 6.45) is 2.96. The Morgan fingerprint density at radius 3 is 2.48 bits per heavy atom. The molecule has 2 unspecified atom stereocenters. The van der Waals surface area contributed by atoms with Crippen LogP contribution in [0.1, 0.15) is 39.5 Å². The Labute approximate surface area is 163 Å². The third kappa shape index (κ3) is 6.07. The smallest absolute Gasteiger partial charge is 0.301 e. The average Bonchev–Trinajstić information content (AvgIpc) is 2.68. The molecule has 0 aromatic heterocycles. The molecule has 8 heteroatoms. The lowest BCUT2D eigenvalue weighted by atomic mass is 10.1. The lowest BCUT2D eigenvalue weighted by molar-refractivity contribution is -0.00149. The number of methoxy groups -OCH3 is 1. The second-order valence-electron chi connectivity index (χ2n) is 6.74. The molecular weight excluding hydrogens is 368 g/mol. The first kappa shape index (κ1) is 21.9. The Bertz CT molecular complexity index is 672. The molecule has 0 amide bonds. The van der Waals surface area contributed by atoms with E-state index in [-0.39, 0.29) is 18.2 Å². The highest BCUT2D eigenvalue weighted by atomic mass is 32.2. The maximum Gasteiger partial charge on any atom is 0.301 e. The number of benzene rings is 1. The molecule has 0 aliphatic carbocycles. The molecule has 1 aliphatic rings. The van der Waals surface area contributed by atoms with Crippen molar-refractivity contribution in [3.8, 4) is 5.75 Å². The van der Waals surface area contributed by atoms with Gasteiger partial charge in [0.05, 0.1) is 11.8 Å². The highest BCUT2D eigenvalue weighted by Gasteiger charge is 2.28. The minimum atomic E-state index is -3.64. The van der Waals surface area contributed by atoms with Gasteiger partial charge in [-0.3, -0.25) is 4.72 Å². The fraction of sp³-hybridized carbons (Fsp3) is 0.684. The third-order valence-corrected chi connectivity index (χ3v) is 6.52. The van der Waals surface area contributed by atoms with Crippen LogP contribution in [0.15, 0.2) is 24.3 Å². The molecule has 1 N–H and O–H groups in total. The molecule has 0 bridgehead atoms. The summed E-state index contributed by atoms with van der Waals surface area (Å²) in [5.41, 5.74) is 0.478. The van der Waals surface area contributed by atoms with E-state index in [1.807, 2.05) is 13.0 Å². The van der Waals surface area contributed by atoms with Gasteiger partial charge in [-0.2, -0.15) is 12.7 Å². The summed E-state index contributed by atoms with van der Waals surface area (Å²) in [6.45, 7) is 5.27. The van der Waals surface area contributed by atoms with Gasteiger partial charge in [0.25, 0.3) is 0 Å². The maximum absolute atomic E-state index is 12.7. The predicted octanol–water partition coefficient (Wildman–Crippen LogP) is 3.04. The molecular formula is C19H32N2O5S. The van der Waals surface area contributed by atoms with Gasteiger partial charge in [-0.05, 0) is 37.8 Å². The van der Waals surface area contributed by atoms with Gasteiger partial charge in [0.2, 0.25) is 0 Å². The fourth-order valence-electron chi connectivity index (χ4n) is 3.28. The van der Waals surface area contributed by atoms with Gasteiger partial charge in [0.1, 0.15) is 11.9 Å². The van der Waals surface area contributed by atoms with Crippen molar-refractivity contribution in [1.82, 2.24) is 4.31 Å². The van der Waals surface area contributed by atoms with E-state index in [2.05, 4.69) is 11.6 Å². The van der Waals surface area contributed by atoms with E-state index < -0.39 is 10.2 Å². The summed E-state index contributed by atoms with van der Waals surface area (Å²) in [5.74, 6) is 0.617. The highest BCUT2D eigenvalue weighted by Crippen LogP contribution is 2.24. The molecule has 0 spiro atoms. The normalized spacial score (nSPS) is 18.3. The summed E-state index contributed by atoms with van der Waals surface area (Å²) in [7, 11) is -0.357. The topological polar surface area (TPSA) is 77.1 Å². The van der Waals surface area contributed by atoms with Crippen LogP contribution in [-0.4, -0.2) is 58.3 Å². The monoisotopic (exact) mass is 400 g/mol. The molecule has 7 nitrogen and oxygen atoms in total. The van der Waals surface area contributed by atoms with Crippen LogP contribution in [-0.2, 0) is 19.7 Å². The second kappa shape index (κ2) is 10.3. The summed E-state index contributed by atoms with van der Waals surface area (Å²) in [6, 6.07) is 6.98. The number of anilines is 1. The van der Waals surface area contributed by atoms with Gasteiger partial charge in [0.15, 0.2) is 0 Å². The molecule has 27 heavy (non-hydrogen) atoms. The highest BCUT2D eigenvalue weighted by molar-refractivity contribution is 7.90. The van der Waals surface area contributed by atoms with Crippen LogP contribution in [0, 0.1) is 0 Å². The van der Waals surface area contributed by atoms with Crippen molar-refractivity contribution in [3.05, 3.63) is 24.3 Å². The summed E-state index contributed by atoms with van der Waals surface area (Å²) < 4.78 is 46.3. The van der Waals surface area contributed by atoms with Crippen LogP contribution in [0.25, 0.3) is 0 Å². The Hall–Kier alpha value is -1.35. The maximum atomic E-state index is 12.7. The van der Waals surface area contributed by atoms with E-state index in [1.165, 1.54) is 4.31 Å². The van der Waals surface area contributed by atoms with Gasteiger partial charge in [-0.25, -0.2) is 0 Å². The second-order valence-corrected chi connectivity index (χ2v) is 8.47. The molecule has 154 valence electrons. The lowest BCUT2D eigenvalue weighted by Crippen LogP contribution is -2.43. The van der Waals surface area contributed by atoms with Crippen LogP contribution < -0.4 is 9.46 Å². The number of rotatable bonds is 10. The summed E-state index contributed by atoms with van der Waals surface area (Å²) in [4.78, 5) is 0. The van der Waals surface area contributed by atoms with Crippen molar-refractivity contribution in [3.63, 3.8) is 0 Å². The average molecular weight is 401 g/mol. The van der Waals surface area contributed by atoms with Crippen LogP contribution in [0.4, 0.5) is 5.69 Å². The van der Waals surface area contributed by atoms with Gasteiger partial charge in [-0.15, -0.1) is 0 Å². The quantitative estimate of drug-likeness (QED) is 0.653. The van der Waals surface area contributed by atoms with Crippen LogP contribution in [0.3, 0.4) is 0 Å². The molecule has 1 aromatic rings. The molecule has 1 saturated heterocycles. The Morgan fingerprint density at radius 1 is 1.22 bits per heavy atom. The molecule has 1 fully saturated rings. The zero-order valence-corrected chi connectivity index (χ0v) is 17.5. The molecule has 2 rings (SSSR count). The van der Waals surface area contributed by atoms with Crippen molar-refractivity contribution in [2.75, 3.05) is 32.1 Å². The van der Waals surface area contributed by atoms with Crippen molar-refractivity contribution in [2.24, 2.45) is 0 Å². The summed E-state index contributed by atoms with van der Waals surface area (Å²) in [5, 5.41) is 0. The number of nitrogens with zero attached hydrogens (tertiary/aromatic N) is 1. The van der Waals surface area contributed by atoms with E-state index in [0.717, 1.165) is 12.8 Å². The van der Waals surface area contributed by atoms with E-state index in [0.29, 0.717) is 37.5 Å². The number of hydrogen-bond donors (Lipinski definition) is 1. The standard InChI is InChI=1S/C19H32N2O5S/c1-5-18(24-4)19(6-2)26-17-9-7-8-15(14-17)20-27(22,23)21(3)16-10-12-25-13-11-16/h7-9,14,16,18-20H,5-6,10-13H2,1-4H3. The zero-order chi connectivity index (χ0) is 19.9. The first-order valence-electron chi connectivity index (χ1n) is 9.54. The van der Waals surface area contributed by atoms with E-state index in [9.17, 15) is 8.42 Å². The Kier molecular flexibility index (Phi) is 8.34.